The third-order valence-corrected chi connectivity index (χ3v) is 9.32. The topological polar surface area (TPSA) is 8.29 Å². The maximum absolute atomic E-state index is 2.77. The van der Waals surface area contributed by atoms with Gasteiger partial charge >= 0.3 is 0 Å². The minimum Gasteiger partial charge on any atom is -0.217 e. The Kier molecular flexibility index (Phi) is 5.11. The van der Waals surface area contributed by atoms with Crippen LogP contribution in [0.1, 0.15) is 95.9 Å². The molecule has 0 unspecified atom stereocenters. The summed E-state index contributed by atoms with van der Waals surface area (Å²) < 4.78 is 5.39. The number of hydrogen-bond acceptors (Lipinski definition) is 0. The first-order valence-electron chi connectivity index (χ1n) is 14.0. The van der Waals surface area contributed by atoms with Gasteiger partial charge in [-0.25, -0.2) is 4.57 Å². The van der Waals surface area contributed by atoms with Gasteiger partial charge in [-0.3, -0.25) is 0 Å². The summed E-state index contributed by atoms with van der Waals surface area (Å²) in [5.41, 5.74) is 11.4. The summed E-state index contributed by atoms with van der Waals surface area (Å²) in [4.78, 5) is 0. The Hall–Kier alpha value is -2.87. The Labute approximate surface area is 215 Å². The molecule has 3 heterocycles. The van der Waals surface area contributed by atoms with Gasteiger partial charge < -0.3 is 0 Å². The predicted molar refractivity (Wildman–Crippen MR) is 155 cm³/mol. The van der Waals surface area contributed by atoms with Crippen LogP contribution in [0.5, 0.6) is 0 Å². The molecule has 0 atom stereocenters. The first kappa shape index (κ1) is 23.5. The lowest BCUT2D eigenvalue weighted by atomic mass is 9.84. The van der Waals surface area contributed by atoms with Crippen molar-refractivity contribution in [2.75, 3.05) is 0 Å². The van der Waals surface area contributed by atoms with E-state index >= 15 is 0 Å². The molecule has 1 aliphatic rings. The highest BCUT2D eigenvalue weighted by atomic mass is 15.2. The number of nitrogens with zero attached hydrogens (tertiary/aromatic N) is 2. The van der Waals surface area contributed by atoms with Gasteiger partial charge in [0.05, 0.1) is 5.39 Å². The highest BCUT2D eigenvalue weighted by Crippen LogP contribution is 2.42. The number of aryl methyl sites for hydroxylation is 2. The lowest BCUT2D eigenvalue weighted by Crippen LogP contribution is -2.55. The van der Waals surface area contributed by atoms with Crippen LogP contribution in [-0.2, 0) is 17.4 Å². The first-order chi connectivity index (χ1) is 17.1. The molecule has 0 saturated carbocycles. The molecule has 1 aliphatic heterocycles. The molecule has 2 heteroatoms. The summed E-state index contributed by atoms with van der Waals surface area (Å²) in [5, 5.41) is 4.31. The fourth-order valence-corrected chi connectivity index (χ4v) is 6.90. The molecular weight excluding hydrogens is 436 g/mol. The molecule has 0 amide bonds. The summed E-state index contributed by atoms with van der Waals surface area (Å²) in [6.45, 7) is 18.7. The Balaban J connectivity index is 1.97. The van der Waals surface area contributed by atoms with E-state index in [4.69, 9.17) is 0 Å². The first-order valence-corrected chi connectivity index (χ1v) is 14.0. The van der Waals surface area contributed by atoms with E-state index in [0.717, 1.165) is 19.3 Å². The average Bonchev–Trinajstić information content (AvgIpc) is 3.12. The number of fused-ring (bicyclic) bond motifs is 6. The molecule has 6 rings (SSSR count). The van der Waals surface area contributed by atoms with Crippen LogP contribution in [0.3, 0.4) is 0 Å². The molecular formula is C34H41N2+. The van der Waals surface area contributed by atoms with Crippen LogP contribution in [0, 0.1) is 6.92 Å². The van der Waals surface area contributed by atoms with Gasteiger partial charge in [-0.05, 0) is 90.5 Å². The van der Waals surface area contributed by atoms with Crippen molar-refractivity contribution in [3.05, 3.63) is 70.8 Å². The molecule has 36 heavy (non-hydrogen) atoms. The zero-order chi connectivity index (χ0) is 25.6. The van der Waals surface area contributed by atoms with Gasteiger partial charge in [-0.1, -0.05) is 72.7 Å². The Morgan fingerprint density at radius 2 is 1.67 bits per heavy atom. The van der Waals surface area contributed by atoms with Gasteiger partial charge in [0, 0.05) is 10.8 Å². The van der Waals surface area contributed by atoms with Crippen molar-refractivity contribution in [3.63, 3.8) is 0 Å². The number of hydrogen-bond donors (Lipinski definition) is 0. The molecule has 0 aliphatic carbocycles. The van der Waals surface area contributed by atoms with Crippen molar-refractivity contribution in [1.29, 1.82) is 0 Å². The zero-order valence-electron chi connectivity index (χ0n) is 23.4. The molecule has 5 aromatic rings. The van der Waals surface area contributed by atoms with Gasteiger partial charge in [0.25, 0.3) is 5.65 Å². The summed E-state index contributed by atoms with van der Waals surface area (Å²) in [5.74, 6) is 0.500. The van der Waals surface area contributed by atoms with Crippen LogP contribution >= 0.6 is 0 Å². The molecule has 0 radical (unpaired) electrons. The minimum atomic E-state index is 0.109. The second-order valence-electron chi connectivity index (χ2n) is 12.6. The molecule has 0 saturated heterocycles. The maximum atomic E-state index is 2.77. The van der Waals surface area contributed by atoms with Crippen molar-refractivity contribution in [2.24, 2.45) is 0 Å². The SMILES string of the molecule is CCC1(CC)CCc2ccc(C)c3c4cc(C(C)(C)C)ccc4n4c5cc(C(C)C)ccc5[n+]1c4c23. The van der Waals surface area contributed by atoms with E-state index < -0.39 is 0 Å². The fraction of sp³-hybridized carbons (Fsp3) is 0.441. The number of benzene rings is 3. The van der Waals surface area contributed by atoms with Crippen molar-refractivity contribution in [1.82, 2.24) is 4.40 Å². The van der Waals surface area contributed by atoms with Gasteiger partial charge in [-0.2, -0.15) is 4.40 Å². The van der Waals surface area contributed by atoms with E-state index in [-0.39, 0.29) is 11.0 Å². The monoisotopic (exact) mass is 477 g/mol. The Bertz CT molecular complexity index is 1670. The number of aromatic nitrogens is 2. The average molecular weight is 478 g/mol. The van der Waals surface area contributed by atoms with Crippen LogP contribution < -0.4 is 4.57 Å². The molecule has 0 spiro atoms. The van der Waals surface area contributed by atoms with E-state index in [2.05, 4.69) is 113 Å². The fourth-order valence-electron chi connectivity index (χ4n) is 6.90. The lowest BCUT2D eigenvalue weighted by Gasteiger charge is -2.28. The van der Waals surface area contributed by atoms with Crippen LogP contribution in [0.25, 0.3) is 38.4 Å². The Morgan fingerprint density at radius 3 is 2.33 bits per heavy atom. The van der Waals surface area contributed by atoms with Gasteiger partial charge in [0.15, 0.2) is 11.0 Å². The minimum absolute atomic E-state index is 0.109. The number of pyridine rings is 1. The predicted octanol–water partition coefficient (Wildman–Crippen LogP) is 8.88. The second-order valence-corrected chi connectivity index (χ2v) is 12.6. The normalized spacial score (nSPS) is 15.7. The van der Waals surface area contributed by atoms with E-state index in [1.54, 1.807) is 0 Å². The van der Waals surface area contributed by atoms with Crippen LogP contribution in [0.4, 0.5) is 0 Å². The second kappa shape index (κ2) is 7.81. The summed E-state index contributed by atoms with van der Waals surface area (Å²) in [7, 11) is 0. The summed E-state index contributed by atoms with van der Waals surface area (Å²) in [6, 6.07) is 19.3. The van der Waals surface area contributed by atoms with Crippen molar-refractivity contribution < 1.29 is 4.57 Å². The molecule has 0 fully saturated rings. The summed E-state index contributed by atoms with van der Waals surface area (Å²) in [6.07, 6.45) is 4.60. The highest BCUT2D eigenvalue weighted by molar-refractivity contribution is 6.15. The molecule has 186 valence electrons. The van der Waals surface area contributed by atoms with Crippen molar-refractivity contribution >= 4 is 38.4 Å². The largest absolute Gasteiger partial charge is 0.296 e. The standard InChI is InChI=1S/C34H41N2/c1-9-34(10-2)18-17-23-12-11-22(5)30-26-20-25(33(6,7)8)14-16-27(26)35-29-19-24(21(3)4)13-15-28(29)36(34)32(35)31(23)30/h11-16,19-21H,9-10,17-18H2,1-8H3/q+1. The van der Waals surface area contributed by atoms with E-state index in [1.165, 1.54) is 67.0 Å². The highest BCUT2D eigenvalue weighted by Gasteiger charge is 2.42. The quantitative estimate of drug-likeness (QED) is 0.181. The maximum Gasteiger partial charge on any atom is 0.296 e. The molecule has 3 aromatic carbocycles. The zero-order valence-corrected chi connectivity index (χ0v) is 23.4. The van der Waals surface area contributed by atoms with Crippen molar-refractivity contribution in [3.8, 4) is 0 Å². The van der Waals surface area contributed by atoms with E-state index in [1.807, 2.05) is 0 Å². The number of rotatable bonds is 3. The molecule has 0 bridgehead atoms. The Morgan fingerprint density at radius 1 is 0.917 bits per heavy atom. The van der Waals surface area contributed by atoms with Gasteiger partial charge in [0.1, 0.15) is 11.1 Å². The molecule has 2 aromatic heterocycles. The lowest BCUT2D eigenvalue weighted by molar-refractivity contribution is -0.721. The van der Waals surface area contributed by atoms with Crippen LogP contribution in [0.2, 0.25) is 0 Å². The van der Waals surface area contributed by atoms with Crippen molar-refractivity contribution in [2.45, 2.75) is 97.9 Å². The van der Waals surface area contributed by atoms with E-state index in [0.29, 0.717) is 5.92 Å². The van der Waals surface area contributed by atoms with Crippen LogP contribution in [-0.4, -0.2) is 4.40 Å². The van der Waals surface area contributed by atoms with Gasteiger partial charge in [-0.15, -0.1) is 0 Å². The third-order valence-electron chi connectivity index (χ3n) is 9.32. The van der Waals surface area contributed by atoms with Crippen LogP contribution in [0.15, 0.2) is 48.5 Å². The molecule has 2 nitrogen and oxygen atoms in total. The molecule has 0 N–H and O–H groups in total. The summed E-state index contributed by atoms with van der Waals surface area (Å²) >= 11 is 0. The number of imidazole rings is 1. The third kappa shape index (κ3) is 3.06. The van der Waals surface area contributed by atoms with Gasteiger partial charge in [0.2, 0.25) is 0 Å². The smallest absolute Gasteiger partial charge is 0.217 e. The van der Waals surface area contributed by atoms with E-state index in [9.17, 15) is 0 Å².